The van der Waals surface area contributed by atoms with Gasteiger partial charge >= 0.3 is 5.97 Å². The maximum absolute atomic E-state index is 10.5. The highest BCUT2D eigenvalue weighted by Gasteiger charge is 2.03. The van der Waals surface area contributed by atoms with Crippen LogP contribution >= 0.6 is 11.8 Å². The molecule has 0 aliphatic heterocycles. The Morgan fingerprint density at radius 1 is 1.80 bits per heavy atom. The lowest BCUT2D eigenvalue weighted by Gasteiger charge is -2.05. The van der Waals surface area contributed by atoms with Crippen LogP contribution in [0.25, 0.3) is 0 Å². The number of thioether (sulfide) groups is 1. The van der Waals surface area contributed by atoms with Gasteiger partial charge in [0.2, 0.25) is 0 Å². The van der Waals surface area contributed by atoms with Gasteiger partial charge in [-0.15, -0.1) is 11.8 Å². The summed E-state index contributed by atoms with van der Waals surface area (Å²) >= 11 is 1.51. The van der Waals surface area contributed by atoms with Gasteiger partial charge < -0.3 is 10.5 Å². The van der Waals surface area contributed by atoms with E-state index < -0.39 is 0 Å². The minimum atomic E-state index is -0.190. The molecule has 0 bridgehead atoms. The summed E-state index contributed by atoms with van der Waals surface area (Å²) in [6, 6.07) is 0. The fourth-order valence-electron chi connectivity index (χ4n) is 0.337. The third kappa shape index (κ3) is 4.64. The van der Waals surface area contributed by atoms with Crippen LogP contribution in [0.15, 0.2) is 0 Å². The highest BCUT2D eigenvalue weighted by molar-refractivity contribution is 8.00. The highest BCUT2D eigenvalue weighted by Crippen LogP contribution is 2.07. The number of carbonyl (C=O) groups is 1. The van der Waals surface area contributed by atoms with Crippen molar-refractivity contribution >= 4 is 17.7 Å². The number of ether oxygens (including phenoxy) is 1. The fourth-order valence-corrected chi connectivity index (χ4v) is 1.01. The lowest BCUT2D eigenvalue weighted by molar-refractivity contribution is -0.137. The third-order valence-electron chi connectivity index (χ3n) is 1.05. The second-order valence-electron chi connectivity index (χ2n) is 1.93. The molecule has 0 radical (unpaired) electrons. The van der Waals surface area contributed by atoms with E-state index in [1.165, 1.54) is 18.9 Å². The molecular formula is C6H13NO2S. The van der Waals surface area contributed by atoms with E-state index in [2.05, 4.69) is 4.74 Å². The molecule has 0 heterocycles. The first kappa shape index (κ1) is 9.78. The van der Waals surface area contributed by atoms with Crippen LogP contribution in [0.3, 0.4) is 0 Å². The van der Waals surface area contributed by atoms with Gasteiger partial charge in [0.05, 0.1) is 12.9 Å². The largest absolute Gasteiger partial charge is 0.468 e. The van der Waals surface area contributed by atoms with Crippen molar-refractivity contribution in [3.63, 3.8) is 0 Å². The Morgan fingerprint density at radius 2 is 2.40 bits per heavy atom. The van der Waals surface area contributed by atoms with Crippen LogP contribution in [-0.4, -0.2) is 30.6 Å². The van der Waals surface area contributed by atoms with E-state index in [4.69, 9.17) is 5.73 Å². The maximum atomic E-state index is 10.5. The van der Waals surface area contributed by atoms with Crippen LogP contribution in [0.4, 0.5) is 0 Å². The number of esters is 1. The monoisotopic (exact) mass is 163 g/mol. The minimum absolute atomic E-state index is 0.190. The molecule has 0 aliphatic carbocycles. The van der Waals surface area contributed by atoms with E-state index in [1.807, 2.05) is 6.92 Å². The summed E-state index contributed by atoms with van der Waals surface area (Å²) in [6.45, 7) is 2.58. The Hall–Kier alpha value is -0.220. The second kappa shape index (κ2) is 5.56. The van der Waals surface area contributed by atoms with E-state index in [-0.39, 0.29) is 5.97 Å². The molecular weight excluding hydrogens is 150 g/mol. The first-order valence-electron chi connectivity index (χ1n) is 3.09. The Morgan fingerprint density at radius 3 is 2.80 bits per heavy atom. The van der Waals surface area contributed by atoms with Crippen molar-refractivity contribution < 1.29 is 9.53 Å². The minimum Gasteiger partial charge on any atom is -0.468 e. The molecule has 1 unspecified atom stereocenters. The maximum Gasteiger partial charge on any atom is 0.315 e. The molecule has 60 valence electrons. The van der Waals surface area contributed by atoms with Gasteiger partial charge in [-0.3, -0.25) is 4.79 Å². The summed E-state index contributed by atoms with van der Waals surface area (Å²) in [7, 11) is 1.38. The van der Waals surface area contributed by atoms with Crippen molar-refractivity contribution in [3.8, 4) is 0 Å². The normalized spacial score (nSPS) is 12.7. The van der Waals surface area contributed by atoms with Gasteiger partial charge in [-0.2, -0.15) is 0 Å². The molecule has 4 heteroatoms. The van der Waals surface area contributed by atoms with Gasteiger partial charge in [-0.05, 0) is 0 Å². The van der Waals surface area contributed by atoms with Crippen molar-refractivity contribution in [2.24, 2.45) is 5.73 Å². The van der Waals surface area contributed by atoms with Crippen molar-refractivity contribution in [2.45, 2.75) is 12.2 Å². The first-order chi connectivity index (χ1) is 4.70. The topological polar surface area (TPSA) is 52.3 Å². The van der Waals surface area contributed by atoms with Gasteiger partial charge in [0, 0.05) is 11.8 Å². The molecule has 0 aromatic carbocycles. The Balaban J connectivity index is 3.26. The van der Waals surface area contributed by atoms with Crippen molar-refractivity contribution in [3.05, 3.63) is 0 Å². The molecule has 0 fully saturated rings. The van der Waals surface area contributed by atoms with Crippen LogP contribution in [0.2, 0.25) is 0 Å². The van der Waals surface area contributed by atoms with Crippen LogP contribution in [0, 0.1) is 0 Å². The zero-order valence-electron chi connectivity index (χ0n) is 6.29. The zero-order valence-corrected chi connectivity index (χ0v) is 7.11. The smallest absolute Gasteiger partial charge is 0.315 e. The first-order valence-corrected chi connectivity index (χ1v) is 4.14. The number of methoxy groups -OCH3 is 1. The van der Waals surface area contributed by atoms with E-state index in [0.29, 0.717) is 17.5 Å². The Labute approximate surface area is 65.3 Å². The standard InChI is InChI=1S/C6H13NO2S/c1-5(3-7)10-4-6(8)9-2/h5H,3-4,7H2,1-2H3. The van der Waals surface area contributed by atoms with E-state index in [9.17, 15) is 4.79 Å². The second-order valence-corrected chi connectivity index (χ2v) is 3.36. The van der Waals surface area contributed by atoms with Gasteiger partial charge in [0.1, 0.15) is 0 Å². The molecule has 0 aromatic heterocycles. The number of hydrogen-bond acceptors (Lipinski definition) is 4. The summed E-state index contributed by atoms with van der Waals surface area (Å²) in [6.07, 6.45) is 0. The van der Waals surface area contributed by atoms with Crippen molar-refractivity contribution in [1.82, 2.24) is 0 Å². The van der Waals surface area contributed by atoms with Crippen LogP contribution in [0.1, 0.15) is 6.92 Å². The lowest BCUT2D eigenvalue weighted by Crippen LogP contribution is -2.15. The van der Waals surface area contributed by atoms with Crippen LogP contribution < -0.4 is 5.73 Å². The summed E-state index contributed by atoms with van der Waals surface area (Å²) in [5.41, 5.74) is 5.33. The molecule has 1 atom stereocenters. The van der Waals surface area contributed by atoms with E-state index in [0.717, 1.165) is 0 Å². The number of nitrogens with two attached hydrogens (primary N) is 1. The third-order valence-corrected chi connectivity index (χ3v) is 2.21. The van der Waals surface area contributed by atoms with Crippen LogP contribution in [0.5, 0.6) is 0 Å². The fraction of sp³-hybridized carbons (Fsp3) is 0.833. The molecule has 0 aliphatic rings. The molecule has 0 saturated heterocycles. The van der Waals surface area contributed by atoms with Gasteiger partial charge in [0.25, 0.3) is 0 Å². The molecule has 0 amide bonds. The molecule has 0 spiro atoms. The van der Waals surface area contributed by atoms with Crippen LogP contribution in [-0.2, 0) is 9.53 Å². The number of rotatable bonds is 4. The molecule has 10 heavy (non-hydrogen) atoms. The highest BCUT2D eigenvalue weighted by atomic mass is 32.2. The lowest BCUT2D eigenvalue weighted by atomic mass is 10.5. The Kier molecular flexibility index (Phi) is 5.43. The summed E-state index contributed by atoms with van der Waals surface area (Å²) < 4.78 is 4.44. The van der Waals surface area contributed by atoms with Gasteiger partial charge in [0.15, 0.2) is 0 Å². The zero-order chi connectivity index (χ0) is 7.98. The number of carbonyl (C=O) groups excluding carboxylic acids is 1. The molecule has 0 aromatic rings. The SMILES string of the molecule is COC(=O)CSC(C)CN. The van der Waals surface area contributed by atoms with E-state index in [1.54, 1.807) is 0 Å². The molecule has 2 N–H and O–H groups in total. The quantitative estimate of drug-likeness (QED) is 0.603. The number of hydrogen-bond donors (Lipinski definition) is 1. The average molecular weight is 163 g/mol. The molecule has 0 saturated carbocycles. The Bertz CT molecular complexity index is 108. The van der Waals surface area contributed by atoms with Gasteiger partial charge in [-0.25, -0.2) is 0 Å². The molecule has 0 rings (SSSR count). The predicted molar refractivity (Wildman–Crippen MR) is 43.0 cm³/mol. The van der Waals surface area contributed by atoms with Crippen molar-refractivity contribution in [1.29, 1.82) is 0 Å². The summed E-state index contributed by atoms with van der Waals surface area (Å²) in [5, 5.41) is 0.332. The van der Waals surface area contributed by atoms with E-state index >= 15 is 0 Å². The molecule has 3 nitrogen and oxygen atoms in total. The summed E-state index contributed by atoms with van der Waals surface area (Å²) in [4.78, 5) is 10.5. The average Bonchev–Trinajstić information content (AvgIpc) is 1.99. The summed E-state index contributed by atoms with van der Waals surface area (Å²) in [5.74, 6) is 0.208. The predicted octanol–water partition coefficient (Wildman–Crippen LogP) is 0.240. The van der Waals surface area contributed by atoms with Crippen molar-refractivity contribution in [2.75, 3.05) is 19.4 Å². The van der Waals surface area contributed by atoms with Gasteiger partial charge in [-0.1, -0.05) is 6.92 Å².